The highest BCUT2D eigenvalue weighted by molar-refractivity contribution is 5.77. The maximum Gasteiger partial charge on any atom is 0.320 e. The monoisotopic (exact) mass is 265 g/mol. The molecule has 4 heteroatoms. The lowest BCUT2D eigenvalue weighted by atomic mass is 9.83. The van der Waals surface area contributed by atoms with Crippen molar-refractivity contribution in [3.8, 4) is 0 Å². The number of hydrogen-bond acceptors (Lipinski definition) is 2. The molecule has 1 N–H and O–H groups in total. The van der Waals surface area contributed by atoms with Gasteiger partial charge in [-0.15, -0.1) is 0 Å². The van der Waals surface area contributed by atoms with Gasteiger partial charge in [-0.05, 0) is 38.1 Å². The van der Waals surface area contributed by atoms with Crippen molar-refractivity contribution in [1.29, 1.82) is 0 Å². The van der Waals surface area contributed by atoms with E-state index in [9.17, 15) is 4.79 Å². The van der Waals surface area contributed by atoms with Gasteiger partial charge in [0.05, 0.1) is 6.04 Å². The molecule has 2 amide bonds. The van der Waals surface area contributed by atoms with Crippen molar-refractivity contribution in [2.45, 2.75) is 57.0 Å². The summed E-state index contributed by atoms with van der Waals surface area (Å²) in [5.41, 5.74) is 0. The molecule has 3 rings (SSSR count). The topological polar surface area (TPSA) is 35.6 Å². The number of hydrogen-bond donors (Lipinski definition) is 1. The van der Waals surface area contributed by atoms with Gasteiger partial charge < -0.3 is 15.1 Å². The Morgan fingerprint density at radius 1 is 1.11 bits per heavy atom. The summed E-state index contributed by atoms with van der Waals surface area (Å²) >= 11 is 0. The number of nitrogens with one attached hydrogen (secondary N) is 1. The van der Waals surface area contributed by atoms with Crippen LogP contribution in [-0.2, 0) is 0 Å². The number of nitrogens with zero attached hydrogens (tertiary/aromatic N) is 2. The summed E-state index contributed by atoms with van der Waals surface area (Å²) in [4.78, 5) is 16.7. The first-order valence-corrected chi connectivity index (χ1v) is 8.01. The highest BCUT2D eigenvalue weighted by Gasteiger charge is 2.42. The maximum absolute atomic E-state index is 12.5. The third kappa shape index (κ3) is 2.60. The van der Waals surface area contributed by atoms with Crippen LogP contribution in [0.4, 0.5) is 4.79 Å². The van der Waals surface area contributed by atoms with E-state index in [0.29, 0.717) is 12.1 Å². The fourth-order valence-electron chi connectivity index (χ4n) is 4.14. The molecular formula is C15H27N3O. The standard InChI is InChI=1S/C15H27N3O/c1-17-14(12-6-3-2-4-7-12)11-18(15(17)19)13-8-5-9-16-10-13/h12-14,16H,2-11H2,1H3. The molecule has 1 saturated carbocycles. The molecule has 19 heavy (non-hydrogen) atoms. The lowest BCUT2D eigenvalue weighted by molar-refractivity contribution is 0.169. The van der Waals surface area contributed by atoms with E-state index in [0.717, 1.165) is 25.6 Å². The predicted molar refractivity (Wildman–Crippen MR) is 76.1 cm³/mol. The van der Waals surface area contributed by atoms with Gasteiger partial charge >= 0.3 is 6.03 Å². The Kier molecular flexibility index (Phi) is 3.96. The molecular weight excluding hydrogens is 238 g/mol. The molecule has 0 aromatic rings. The summed E-state index contributed by atoms with van der Waals surface area (Å²) in [5, 5.41) is 3.43. The van der Waals surface area contributed by atoms with E-state index in [1.165, 1.54) is 44.9 Å². The van der Waals surface area contributed by atoms with Crippen LogP contribution in [0.1, 0.15) is 44.9 Å². The van der Waals surface area contributed by atoms with Crippen LogP contribution in [0.5, 0.6) is 0 Å². The second kappa shape index (κ2) is 5.70. The van der Waals surface area contributed by atoms with E-state index in [1.807, 2.05) is 11.9 Å². The molecule has 2 saturated heterocycles. The van der Waals surface area contributed by atoms with Crippen molar-refractivity contribution < 1.29 is 4.79 Å². The van der Waals surface area contributed by atoms with Gasteiger partial charge in [-0.2, -0.15) is 0 Å². The molecule has 4 nitrogen and oxygen atoms in total. The molecule has 1 aliphatic carbocycles. The third-order valence-corrected chi connectivity index (χ3v) is 5.33. The average Bonchev–Trinajstić information content (AvgIpc) is 2.77. The number of carbonyl (C=O) groups excluding carboxylic acids is 1. The summed E-state index contributed by atoms with van der Waals surface area (Å²) in [6, 6.07) is 1.16. The quantitative estimate of drug-likeness (QED) is 0.829. The van der Waals surface area contributed by atoms with Crippen molar-refractivity contribution in [2.24, 2.45) is 5.92 Å². The van der Waals surface area contributed by atoms with Gasteiger partial charge in [0.2, 0.25) is 0 Å². The van der Waals surface area contributed by atoms with Crippen molar-refractivity contribution in [1.82, 2.24) is 15.1 Å². The number of rotatable bonds is 2. The Morgan fingerprint density at radius 2 is 1.89 bits per heavy atom. The summed E-state index contributed by atoms with van der Waals surface area (Å²) in [7, 11) is 2.01. The van der Waals surface area contributed by atoms with Gasteiger partial charge in [-0.1, -0.05) is 19.3 Å². The lowest BCUT2D eigenvalue weighted by Crippen LogP contribution is -2.47. The number of amides is 2. The molecule has 2 aliphatic heterocycles. The maximum atomic E-state index is 12.5. The lowest BCUT2D eigenvalue weighted by Gasteiger charge is -2.31. The van der Waals surface area contributed by atoms with Crippen LogP contribution in [0.25, 0.3) is 0 Å². The van der Waals surface area contributed by atoms with Crippen LogP contribution in [0.3, 0.4) is 0 Å². The Bertz CT molecular complexity index is 321. The summed E-state index contributed by atoms with van der Waals surface area (Å²) < 4.78 is 0. The minimum absolute atomic E-state index is 0.268. The molecule has 0 aromatic carbocycles. The van der Waals surface area contributed by atoms with E-state index in [-0.39, 0.29) is 6.03 Å². The van der Waals surface area contributed by atoms with Gasteiger partial charge in [0, 0.05) is 26.2 Å². The first-order chi connectivity index (χ1) is 9.27. The molecule has 3 fully saturated rings. The number of likely N-dealkylation sites (N-methyl/N-ethyl adjacent to an activating group) is 1. The minimum atomic E-state index is 0.268. The Morgan fingerprint density at radius 3 is 2.58 bits per heavy atom. The second-order valence-electron chi connectivity index (χ2n) is 6.51. The molecule has 108 valence electrons. The SMILES string of the molecule is CN1C(=O)N(C2CCCNC2)CC1C1CCCCC1. The van der Waals surface area contributed by atoms with Crippen LogP contribution in [0.15, 0.2) is 0 Å². The van der Waals surface area contributed by atoms with Gasteiger partial charge in [0.25, 0.3) is 0 Å². The van der Waals surface area contributed by atoms with Crippen molar-refractivity contribution in [3.05, 3.63) is 0 Å². The highest BCUT2D eigenvalue weighted by Crippen LogP contribution is 2.33. The molecule has 0 aromatic heterocycles. The molecule has 0 spiro atoms. The summed E-state index contributed by atoms with van der Waals surface area (Å²) in [5.74, 6) is 0.740. The Balaban J connectivity index is 1.66. The molecule has 2 heterocycles. The smallest absolute Gasteiger partial charge is 0.320 e. The van der Waals surface area contributed by atoms with Crippen molar-refractivity contribution in [3.63, 3.8) is 0 Å². The van der Waals surface area contributed by atoms with Crippen LogP contribution in [0, 0.1) is 5.92 Å². The van der Waals surface area contributed by atoms with Crippen molar-refractivity contribution >= 4 is 6.03 Å². The predicted octanol–water partition coefficient (Wildman–Crippen LogP) is 2.05. The van der Waals surface area contributed by atoms with Gasteiger partial charge in [-0.25, -0.2) is 4.79 Å². The molecule has 0 radical (unpaired) electrons. The normalized spacial score (nSPS) is 34.1. The first-order valence-electron chi connectivity index (χ1n) is 8.01. The van der Waals surface area contributed by atoms with E-state index >= 15 is 0 Å². The number of piperidine rings is 1. The highest BCUT2D eigenvalue weighted by atomic mass is 16.2. The summed E-state index contributed by atoms with van der Waals surface area (Å²) in [6.07, 6.45) is 9.10. The first kappa shape index (κ1) is 13.2. The van der Waals surface area contributed by atoms with Crippen LogP contribution in [-0.4, -0.2) is 54.6 Å². The molecule has 3 aliphatic rings. The third-order valence-electron chi connectivity index (χ3n) is 5.33. The van der Waals surface area contributed by atoms with E-state index in [1.54, 1.807) is 0 Å². The Labute approximate surface area is 116 Å². The van der Waals surface area contributed by atoms with E-state index < -0.39 is 0 Å². The van der Waals surface area contributed by atoms with Crippen molar-refractivity contribution in [2.75, 3.05) is 26.7 Å². The summed E-state index contributed by atoms with van der Waals surface area (Å²) in [6.45, 7) is 3.06. The average molecular weight is 265 g/mol. The van der Waals surface area contributed by atoms with Gasteiger partial charge in [0.15, 0.2) is 0 Å². The van der Waals surface area contributed by atoms with Crippen LogP contribution >= 0.6 is 0 Å². The Hall–Kier alpha value is -0.770. The van der Waals surface area contributed by atoms with Crippen LogP contribution < -0.4 is 5.32 Å². The molecule has 0 bridgehead atoms. The fraction of sp³-hybridized carbons (Fsp3) is 0.933. The zero-order valence-corrected chi connectivity index (χ0v) is 12.1. The van der Waals surface area contributed by atoms with Gasteiger partial charge in [-0.3, -0.25) is 0 Å². The van der Waals surface area contributed by atoms with E-state index in [2.05, 4.69) is 10.2 Å². The molecule has 2 unspecified atom stereocenters. The minimum Gasteiger partial charge on any atom is -0.323 e. The van der Waals surface area contributed by atoms with E-state index in [4.69, 9.17) is 0 Å². The largest absolute Gasteiger partial charge is 0.323 e. The number of carbonyl (C=O) groups is 1. The zero-order chi connectivity index (χ0) is 13.2. The second-order valence-corrected chi connectivity index (χ2v) is 6.51. The number of urea groups is 1. The van der Waals surface area contributed by atoms with Gasteiger partial charge in [0.1, 0.15) is 0 Å². The molecule has 2 atom stereocenters. The zero-order valence-electron chi connectivity index (χ0n) is 12.1. The fourth-order valence-corrected chi connectivity index (χ4v) is 4.14. The van der Waals surface area contributed by atoms with Crippen LogP contribution in [0.2, 0.25) is 0 Å².